The molecule has 42 heavy (non-hydrogen) atoms. The molecule has 1 aromatic rings. The van der Waals surface area contributed by atoms with E-state index in [1.54, 1.807) is 7.11 Å². The number of hydrogen-bond acceptors (Lipinski definition) is 3. The topological polar surface area (TPSA) is 35.5 Å². The monoisotopic (exact) mass is 606 g/mol. The van der Waals surface area contributed by atoms with Crippen LogP contribution in [0.5, 0.6) is 5.75 Å². The molecule has 0 saturated heterocycles. The highest BCUT2D eigenvalue weighted by atomic mass is 28.4. The number of fused-ring (bicyclic) bond motifs is 5. The molecule has 6 atom stereocenters. The lowest BCUT2D eigenvalue weighted by Crippen LogP contribution is -2.56. The molecular weight excluding hydrogens is 553 g/mol. The summed E-state index contributed by atoms with van der Waals surface area (Å²) in [6.07, 6.45) is 6.60. The maximum Gasteiger partial charge on any atom is 0.449 e. The smallest absolute Gasteiger partial charge is 0.449 e. The fraction of sp³-hybridized carbons (Fsp3) is 0.743. The molecule has 2 fully saturated rings. The van der Waals surface area contributed by atoms with E-state index < -0.39 is 26.7 Å². The second-order valence-corrected chi connectivity index (χ2v) is 20.0. The van der Waals surface area contributed by atoms with E-state index in [1.165, 1.54) is 11.1 Å². The Morgan fingerprint density at radius 2 is 1.81 bits per heavy atom. The maximum absolute atomic E-state index is 12.6. The van der Waals surface area contributed by atoms with E-state index in [0.29, 0.717) is 30.6 Å². The number of hydrogen-bond donors (Lipinski definition) is 0. The summed E-state index contributed by atoms with van der Waals surface area (Å²) in [6.45, 7) is 18.7. The normalized spacial score (nSPS) is 31.2. The average Bonchev–Trinajstić information content (AvgIpc) is 3.23. The molecule has 0 amide bonds. The van der Waals surface area contributed by atoms with E-state index in [2.05, 4.69) is 71.6 Å². The molecule has 0 heterocycles. The molecule has 0 radical (unpaired) electrons. The number of methoxy groups -OCH3 is 1. The Balaban J connectivity index is 1.61. The van der Waals surface area contributed by atoms with Crippen LogP contribution in [0.15, 0.2) is 30.9 Å². The van der Waals surface area contributed by atoms with E-state index in [4.69, 9.17) is 9.16 Å². The van der Waals surface area contributed by atoms with Gasteiger partial charge in [0.2, 0.25) is 5.78 Å². The van der Waals surface area contributed by atoms with Crippen LogP contribution >= 0.6 is 0 Å². The number of allylic oxidation sites excluding steroid dienone is 1. The van der Waals surface area contributed by atoms with Crippen LogP contribution in [0.1, 0.15) is 109 Å². The van der Waals surface area contributed by atoms with Gasteiger partial charge >= 0.3 is 6.18 Å². The molecule has 1 aromatic carbocycles. The number of Topliss-reactive ketones (excluding diaryl/α,β-unsaturated/α-hetero) is 1. The van der Waals surface area contributed by atoms with Gasteiger partial charge in [-0.05, 0) is 115 Å². The summed E-state index contributed by atoms with van der Waals surface area (Å²) >= 11 is 0. The Hall–Kier alpha value is -1.60. The molecule has 0 N–H and O–H groups in total. The highest BCUT2D eigenvalue weighted by Gasteiger charge is 2.64. The predicted molar refractivity (Wildman–Crippen MR) is 166 cm³/mol. The van der Waals surface area contributed by atoms with Crippen molar-refractivity contribution < 1.29 is 27.1 Å². The molecule has 0 aliphatic heterocycles. The number of unbranched alkanes of at least 4 members (excludes halogenated alkanes) is 3. The van der Waals surface area contributed by atoms with Crippen LogP contribution in [-0.2, 0) is 15.6 Å². The van der Waals surface area contributed by atoms with Gasteiger partial charge in [-0.15, -0.1) is 6.58 Å². The van der Waals surface area contributed by atoms with Crippen molar-refractivity contribution in [2.24, 2.45) is 22.7 Å². The van der Waals surface area contributed by atoms with Crippen molar-refractivity contribution in [2.75, 3.05) is 7.11 Å². The number of rotatable bonds is 11. The van der Waals surface area contributed by atoms with E-state index in [1.807, 2.05) is 0 Å². The summed E-state index contributed by atoms with van der Waals surface area (Å²) < 4.78 is 50.7. The highest BCUT2D eigenvalue weighted by Crippen LogP contribution is 2.70. The fourth-order valence-electron chi connectivity index (χ4n) is 8.70. The molecule has 0 unspecified atom stereocenters. The number of alkyl halides is 3. The Morgan fingerprint density at radius 1 is 1.12 bits per heavy atom. The van der Waals surface area contributed by atoms with Crippen molar-refractivity contribution in [3.63, 3.8) is 0 Å². The summed E-state index contributed by atoms with van der Waals surface area (Å²) in [7, 11) is -0.253. The molecule has 3 nitrogen and oxygen atoms in total. The first-order valence-corrected chi connectivity index (χ1v) is 19.0. The molecule has 0 aromatic heterocycles. The summed E-state index contributed by atoms with van der Waals surface area (Å²) in [5, 5.41) is 0.143. The van der Waals surface area contributed by atoms with Crippen molar-refractivity contribution in [2.45, 2.75) is 135 Å². The summed E-state index contributed by atoms with van der Waals surface area (Å²) in [6, 6.07) is 6.59. The minimum absolute atomic E-state index is 0.01000. The van der Waals surface area contributed by atoms with E-state index in [9.17, 15) is 18.0 Å². The van der Waals surface area contributed by atoms with Gasteiger partial charge in [0.1, 0.15) is 5.75 Å². The lowest BCUT2D eigenvalue weighted by molar-refractivity contribution is -0.171. The first-order valence-electron chi connectivity index (χ1n) is 16.1. The van der Waals surface area contributed by atoms with Gasteiger partial charge in [-0.1, -0.05) is 59.1 Å². The summed E-state index contributed by atoms with van der Waals surface area (Å²) in [4.78, 5) is 11.3. The third kappa shape index (κ3) is 6.16. The van der Waals surface area contributed by atoms with E-state index in [0.717, 1.165) is 57.1 Å². The van der Waals surface area contributed by atoms with Gasteiger partial charge < -0.3 is 9.16 Å². The second-order valence-electron chi connectivity index (χ2n) is 15.2. The Bertz CT molecular complexity index is 1140. The number of benzene rings is 1. The molecule has 3 aliphatic rings. The van der Waals surface area contributed by atoms with Gasteiger partial charge in [0, 0.05) is 6.42 Å². The maximum atomic E-state index is 12.6. The average molecular weight is 607 g/mol. The van der Waals surface area contributed by atoms with Crippen LogP contribution < -0.4 is 4.74 Å². The zero-order chi connectivity index (χ0) is 31.1. The van der Waals surface area contributed by atoms with Gasteiger partial charge in [0.05, 0.1) is 13.2 Å². The SMILES string of the molecule is C=C[C@@]12CCc3cc(OC)ccc3[C@H]1[C@@H](CCCCCCC(=O)C(F)(F)F)C[C@]1(C)[C@@H](O[Si](C)(C)C(C)(C)C)CC[C@H]12. The molecule has 0 bridgehead atoms. The zero-order valence-corrected chi connectivity index (χ0v) is 28.0. The van der Waals surface area contributed by atoms with Gasteiger partial charge in [-0.25, -0.2) is 0 Å². The molecule has 3 aliphatic carbocycles. The van der Waals surface area contributed by atoms with E-state index >= 15 is 0 Å². The second kappa shape index (κ2) is 12.1. The lowest BCUT2D eigenvalue weighted by atomic mass is 9.44. The first-order chi connectivity index (χ1) is 19.5. The molecular formula is C35H53F3O3Si. The Kier molecular flexibility index (Phi) is 9.56. The number of carbonyl (C=O) groups is 1. The number of halogens is 3. The minimum atomic E-state index is -4.72. The number of ether oxygens (including phenoxy) is 1. The fourth-order valence-corrected chi connectivity index (χ4v) is 10.2. The van der Waals surface area contributed by atoms with Gasteiger partial charge in [0.25, 0.3) is 0 Å². The van der Waals surface area contributed by atoms with Crippen LogP contribution in [0.4, 0.5) is 13.2 Å². The minimum Gasteiger partial charge on any atom is -0.497 e. The number of ketones is 1. The number of aryl methyl sites for hydroxylation is 1. The van der Waals surface area contributed by atoms with Crippen LogP contribution in [0.2, 0.25) is 18.1 Å². The van der Waals surface area contributed by atoms with Gasteiger partial charge in [0.15, 0.2) is 8.32 Å². The van der Waals surface area contributed by atoms with Gasteiger partial charge in [-0.3, -0.25) is 4.79 Å². The van der Waals surface area contributed by atoms with Crippen molar-refractivity contribution in [3.05, 3.63) is 42.0 Å². The van der Waals surface area contributed by atoms with Crippen LogP contribution in [0, 0.1) is 22.7 Å². The van der Waals surface area contributed by atoms with E-state index in [-0.39, 0.29) is 22.0 Å². The lowest BCUT2D eigenvalue weighted by Gasteiger charge is -2.61. The molecule has 7 heteroatoms. The first kappa shape index (κ1) is 33.3. The predicted octanol–water partition coefficient (Wildman–Crippen LogP) is 10.2. The Labute approximate surface area is 253 Å². The largest absolute Gasteiger partial charge is 0.497 e. The summed E-state index contributed by atoms with van der Waals surface area (Å²) in [5.41, 5.74) is 2.85. The van der Waals surface area contributed by atoms with Crippen molar-refractivity contribution in [3.8, 4) is 5.75 Å². The Morgan fingerprint density at radius 3 is 2.43 bits per heavy atom. The highest BCUT2D eigenvalue weighted by molar-refractivity contribution is 6.74. The molecule has 236 valence electrons. The van der Waals surface area contributed by atoms with Crippen molar-refractivity contribution in [1.29, 1.82) is 0 Å². The van der Waals surface area contributed by atoms with Crippen molar-refractivity contribution >= 4 is 14.1 Å². The third-order valence-electron chi connectivity index (χ3n) is 11.8. The molecule has 2 saturated carbocycles. The quantitative estimate of drug-likeness (QED) is 0.143. The van der Waals surface area contributed by atoms with Crippen LogP contribution in [0.3, 0.4) is 0 Å². The standard InChI is InChI=1S/C35H53F3O3Si/c1-9-34-21-20-24-22-26(40-6)16-17-27(24)31(34)25(14-12-10-11-13-15-29(39)35(36,37)38)23-33(5)28(34)18-19-30(33)41-42(7,8)32(2,3)4/h9,16-17,22,25,28,30-31H,1,10-15,18-21,23H2,2-8H3/t25-,28+,30-,31+,33-,34-/m0/s1. The van der Waals surface area contributed by atoms with Crippen LogP contribution in [0.25, 0.3) is 0 Å². The van der Waals surface area contributed by atoms with Gasteiger partial charge in [-0.2, -0.15) is 13.2 Å². The summed E-state index contributed by atoms with van der Waals surface area (Å²) in [5.74, 6) is 0.586. The molecule has 0 spiro atoms. The number of carbonyl (C=O) groups excluding carboxylic acids is 1. The third-order valence-corrected chi connectivity index (χ3v) is 16.3. The zero-order valence-electron chi connectivity index (χ0n) is 27.0. The van der Waals surface area contributed by atoms with Crippen molar-refractivity contribution in [1.82, 2.24) is 0 Å². The van der Waals surface area contributed by atoms with Crippen LogP contribution in [-0.4, -0.2) is 33.5 Å². The molecule has 4 rings (SSSR count).